The number of carbonyl (C=O) groups is 2. The van der Waals surface area contributed by atoms with Crippen molar-refractivity contribution in [3.8, 4) is 0 Å². The summed E-state index contributed by atoms with van der Waals surface area (Å²) in [5.41, 5.74) is 15.3. The monoisotopic (exact) mass is 274 g/mol. The second-order valence-electron chi connectivity index (χ2n) is 2.64. The first kappa shape index (κ1) is 21.5. The molecule has 9 nitrogen and oxygen atoms in total. The molecule has 1 atom stereocenters. The van der Waals surface area contributed by atoms with Gasteiger partial charge in [0.2, 0.25) is 0 Å². The molecule has 0 amide bonds. The first-order valence-electron chi connectivity index (χ1n) is 4.19. The second kappa shape index (κ2) is 13.3. The molecule has 7 N–H and O–H groups in total. The Hall–Kier alpha value is -0.770. The Morgan fingerprint density at radius 2 is 1.71 bits per heavy atom. The van der Waals surface area contributed by atoms with E-state index in [0.29, 0.717) is 19.4 Å². The number of nitrogens with zero attached hydrogens (tertiary/aromatic N) is 1. The first-order chi connectivity index (χ1) is 7.27. The topological polar surface area (TPSA) is 191 Å². The molecule has 10 heteroatoms. The minimum absolute atomic E-state index is 0. The number of carboxylic acids is 1. The van der Waals surface area contributed by atoms with E-state index in [0.717, 1.165) is 0 Å². The van der Waals surface area contributed by atoms with Gasteiger partial charge in [0.1, 0.15) is 6.04 Å². The number of aliphatic imine (C=N–C) groups is 1. The van der Waals surface area contributed by atoms with Crippen molar-refractivity contribution in [2.45, 2.75) is 18.9 Å². The molecule has 94 valence electrons. The van der Waals surface area contributed by atoms with Crippen LogP contribution in [-0.2, 0) is 4.79 Å². The molecule has 0 saturated heterocycles. The summed E-state index contributed by atoms with van der Waals surface area (Å²) in [5, 5.41) is 25.0. The van der Waals surface area contributed by atoms with Crippen molar-refractivity contribution >= 4 is 55.8 Å². The SMILES string of the molecule is NC(N)=NCCCC(N)C(=O)O.O=C([O-])[O-].[Ca+2]. The second-order valence-corrected chi connectivity index (χ2v) is 2.64. The molecule has 0 saturated carbocycles. The summed E-state index contributed by atoms with van der Waals surface area (Å²) < 4.78 is 0. The zero-order chi connectivity index (χ0) is 13.1. The average Bonchev–Trinajstić information content (AvgIpc) is 2.10. The van der Waals surface area contributed by atoms with E-state index in [2.05, 4.69) is 4.99 Å². The Labute approximate surface area is 128 Å². The largest absolute Gasteiger partial charge is 2.00 e. The van der Waals surface area contributed by atoms with Crippen LogP contribution in [0.15, 0.2) is 4.99 Å². The Balaban J connectivity index is -0.000000340. The molecule has 0 bridgehead atoms. The predicted octanol–water partition coefficient (Wildman–Crippen LogP) is -4.38. The number of carbonyl (C=O) groups excluding carboxylic acids is 1. The van der Waals surface area contributed by atoms with Gasteiger partial charge in [-0.2, -0.15) is 0 Å². The summed E-state index contributed by atoms with van der Waals surface area (Å²) in [6, 6.07) is -0.820. The van der Waals surface area contributed by atoms with Gasteiger partial charge >= 0.3 is 43.7 Å². The van der Waals surface area contributed by atoms with Crippen molar-refractivity contribution < 1.29 is 24.9 Å². The summed E-state index contributed by atoms with van der Waals surface area (Å²) in [6.07, 6.45) is -1.38. The summed E-state index contributed by atoms with van der Waals surface area (Å²) in [6.45, 7) is 0.420. The molecule has 0 aromatic rings. The number of nitrogens with two attached hydrogens (primary N) is 3. The Kier molecular flexibility index (Phi) is 16.8. The van der Waals surface area contributed by atoms with Crippen LogP contribution in [0.1, 0.15) is 12.8 Å². The van der Waals surface area contributed by atoms with Crippen molar-refractivity contribution in [3.05, 3.63) is 0 Å². The van der Waals surface area contributed by atoms with Crippen molar-refractivity contribution in [1.82, 2.24) is 0 Å². The number of hydrogen-bond donors (Lipinski definition) is 4. The quantitative estimate of drug-likeness (QED) is 0.167. The van der Waals surface area contributed by atoms with Gasteiger partial charge in [-0.3, -0.25) is 9.79 Å². The zero-order valence-corrected chi connectivity index (χ0v) is 11.4. The van der Waals surface area contributed by atoms with Crippen LogP contribution in [0, 0.1) is 0 Å². The molecule has 1 unspecified atom stereocenters. The molecule has 0 heterocycles. The van der Waals surface area contributed by atoms with Gasteiger partial charge in [-0.05, 0) is 19.0 Å². The van der Waals surface area contributed by atoms with Gasteiger partial charge in [0.15, 0.2) is 5.96 Å². The fraction of sp³-hybridized carbons (Fsp3) is 0.571. The third-order valence-corrected chi connectivity index (χ3v) is 1.28. The van der Waals surface area contributed by atoms with Gasteiger partial charge in [0.05, 0.1) is 0 Å². The molecular formula is C7H14CaN4O5. The molecule has 0 rings (SSSR count). The van der Waals surface area contributed by atoms with Crippen LogP contribution in [0.4, 0.5) is 4.79 Å². The minimum Gasteiger partial charge on any atom is -0.652 e. The fourth-order valence-corrected chi connectivity index (χ4v) is 0.643. The maximum atomic E-state index is 10.2. The molecule has 0 aliphatic rings. The number of guanidine groups is 1. The van der Waals surface area contributed by atoms with E-state index in [9.17, 15) is 4.79 Å². The van der Waals surface area contributed by atoms with Crippen LogP contribution in [0.5, 0.6) is 0 Å². The zero-order valence-electron chi connectivity index (χ0n) is 9.17. The summed E-state index contributed by atoms with van der Waals surface area (Å²) >= 11 is 0. The third kappa shape index (κ3) is 25.5. The molecule has 0 aromatic carbocycles. The van der Waals surface area contributed by atoms with Gasteiger partial charge in [-0.15, -0.1) is 0 Å². The third-order valence-electron chi connectivity index (χ3n) is 1.28. The summed E-state index contributed by atoms with van der Waals surface area (Å²) in [7, 11) is 0. The molecule has 0 aromatic heterocycles. The number of hydrogen-bond acceptors (Lipinski definition) is 6. The molecule has 0 fully saturated rings. The van der Waals surface area contributed by atoms with Gasteiger partial charge in [0.25, 0.3) is 0 Å². The van der Waals surface area contributed by atoms with Gasteiger partial charge in [-0.1, -0.05) is 0 Å². The van der Waals surface area contributed by atoms with Crippen molar-refractivity contribution in [3.63, 3.8) is 0 Å². The van der Waals surface area contributed by atoms with E-state index in [1.54, 1.807) is 0 Å². The van der Waals surface area contributed by atoms with Gasteiger partial charge in [-0.25, -0.2) is 0 Å². The number of rotatable bonds is 5. The molecule has 0 aliphatic heterocycles. The normalized spacial score (nSPS) is 9.94. The van der Waals surface area contributed by atoms with E-state index < -0.39 is 18.2 Å². The standard InChI is InChI=1S/C6H14N4O2.CH2O3.Ca/c7-4(5(11)12)2-1-3-10-6(8)9;2-1(3)4;/h4H,1-3,7H2,(H,11,12)(H4,8,9,10);(H2,2,3,4);/q;;+2/p-2. The van der Waals surface area contributed by atoms with E-state index >= 15 is 0 Å². The van der Waals surface area contributed by atoms with Crippen molar-refractivity contribution in [2.75, 3.05) is 6.54 Å². The van der Waals surface area contributed by atoms with Crippen LogP contribution in [-0.4, -0.2) is 73.5 Å². The van der Waals surface area contributed by atoms with E-state index in [1.165, 1.54) is 0 Å². The smallest absolute Gasteiger partial charge is 0.652 e. The minimum atomic E-state index is -2.33. The Morgan fingerprint density at radius 3 is 2.00 bits per heavy atom. The van der Waals surface area contributed by atoms with E-state index in [4.69, 9.17) is 37.3 Å². The van der Waals surface area contributed by atoms with Gasteiger partial charge in [0, 0.05) is 6.54 Å². The van der Waals surface area contributed by atoms with E-state index in [1.807, 2.05) is 0 Å². The number of aliphatic carboxylic acids is 1. The van der Waals surface area contributed by atoms with Gasteiger partial charge < -0.3 is 37.3 Å². The molecular weight excluding hydrogens is 260 g/mol. The van der Waals surface area contributed by atoms with Crippen LogP contribution in [0.25, 0.3) is 0 Å². The summed E-state index contributed by atoms with van der Waals surface area (Å²) in [5.74, 6) is -0.987. The maximum Gasteiger partial charge on any atom is 2.00 e. The molecule has 0 aliphatic carbocycles. The molecule has 17 heavy (non-hydrogen) atoms. The number of carboxylic acid groups (broad SMARTS) is 3. The van der Waals surface area contributed by atoms with Crippen molar-refractivity contribution in [2.24, 2.45) is 22.2 Å². The van der Waals surface area contributed by atoms with Crippen LogP contribution < -0.4 is 27.4 Å². The summed E-state index contributed by atoms with van der Waals surface area (Å²) in [4.78, 5) is 22.2. The van der Waals surface area contributed by atoms with Crippen LogP contribution in [0.3, 0.4) is 0 Å². The Morgan fingerprint density at radius 1 is 1.29 bits per heavy atom. The average molecular weight is 274 g/mol. The predicted molar refractivity (Wildman–Crippen MR) is 56.7 cm³/mol. The molecule has 0 spiro atoms. The first-order valence-corrected chi connectivity index (χ1v) is 4.19. The Bertz CT molecular complexity index is 253. The molecule has 0 radical (unpaired) electrons. The van der Waals surface area contributed by atoms with E-state index in [-0.39, 0.29) is 43.7 Å². The van der Waals surface area contributed by atoms with Crippen molar-refractivity contribution in [1.29, 1.82) is 0 Å². The van der Waals surface area contributed by atoms with Crippen LogP contribution >= 0.6 is 0 Å². The fourth-order valence-electron chi connectivity index (χ4n) is 0.643. The van der Waals surface area contributed by atoms with Crippen LogP contribution in [0.2, 0.25) is 0 Å². The maximum absolute atomic E-state index is 10.2.